The molecule has 4 aromatic heterocycles. The van der Waals surface area contributed by atoms with Gasteiger partial charge in [0.05, 0.1) is 28.0 Å². The molecular formula is C52H52GeIrN4O-2. The molecule has 0 unspecified atom stereocenters. The van der Waals surface area contributed by atoms with Crippen molar-refractivity contribution in [2.24, 2.45) is 0 Å². The quantitative estimate of drug-likeness (QED) is 0.118. The van der Waals surface area contributed by atoms with Crippen LogP contribution >= 0.6 is 0 Å². The van der Waals surface area contributed by atoms with Crippen LogP contribution < -0.4 is 4.40 Å². The van der Waals surface area contributed by atoms with E-state index in [0.717, 1.165) is 61.1 Å². The molecule has 0 spiro atoms. The number of hydrogen-bond acceptors (Lipinski definition) is 4. The van der Waals surface area contributed by atoms with E-state index in [1.807, 2.05) is 80.7 Å². The monoisotopic (exact) mass is 1020 g/mol. The van der Waals surface area contributed by atoms with E-state index in [2.05, 4.69) is 97.0 Å². The van der Waals surface area contributed by atoms with Crippen LogP contribution in [0.1, 0.15) is 87.0 Å². The SMILES string of the molecule is [2H]C(C)(C)c1cc(-c2[c-]cccc2)nc[c]1[Ge]([CH3])([CH3])[CH3].[2H]C([2H])([2H])c1ccc2nc3oc4c(-c5nc6ccccc6n5-c5c(C(C)C)cccc5C(C)C)[c-]ccc4c3cc2c1.[Ir]. The van der Waals surface area contributed by atoms with Crippen LogP contribution in [0.15, 0.2) is 120 Å². The largest absolute Gasteiger partial charge is 0.486 e. The third-order valence-corrected chi connectivity index (χ3v) is 15.0. The second kappa shape index (κ2) is 17.0. The molecule has 4 heterocycles. The minimum atomic E-state index is -2.19. The first-order valence-corrected chi connectivity index (χ1v) is 27.4. The number of benzene rings is 5. The predicted octanol–water partition coefficient (Wildman–Crippen LogP) is 13.7. The van der Waals surface area contributed by atoms with Crippen LogP contribution in [0, 0.1) is 19.0 Å². The van der Waals surface area contributed by atoms with Crippen LogP contribution in [-0.2, 0) is 20.1 Å². The molecule has 5 nitrogen and oxygen atoms in total. The van der Waals surface area contributed by atoms with Crippen LogP contribution in [-0.4, -0.2) is 32.8 Å². The second-order valence-electron chi connectivity index (χ2n) is 16.9. The number of furan rings is 1. The van der Waals surface area contributed by atoms with Gasteiger partial charge in [0.1, 0.15) is 0 Å². The number of aryl methyl sites for hydroxylation is 1. The number of para-hydroxylation sites is 3. The minimum Gasteiger partial charge on any atom is -0.486 e. The van der Waals surface area contributed by atoms with Crippen molar-refractivity contribution >= 4 is 61.7 Å². The van der Waals surface area contributed by atoms with Crippen molar-refractivity contribution in [3.8, 4) is 28.3 Å². The van der Waals surface area contributed by atoms with Crippen molar-refractivity contribution in [1.29, 1.82) is 0 Å². The summed E-state index contributed by atoms with van der Waals surface area (Å²) in [4.78, 5) is 14.6. The van der Waals surface area contributed by atoms with Gasteiger partial charge in [-0.1, -0.05) is 80.6 Å². The van der Waals surface area contributed by atoms with Gasteiger partial charge < -0.3 is 8.98 Å². The Morgan fingerprint density at radius 1 is 0.729 bits per heavy atom. The molecule has 0 aliphatic carbocycles. The van der Waals surface area contributed by atoms with Crippen molar-refractivity contribution in [3.05, 3.63) is 150 Å². The number of imidazole rings is 1. The molecule has 0 bridgehead atoms. The summed E-state index contributed by atoms with van der Waals surface area (Å²) in [5, 5.41) is 2.46. The maximum absolute atomic E-state index is 8.44. The fraction of sp³-hybridized carbons (Fsp3) is 0.250. The molecule has 59 heavy (non-hydrogen) atoms. The third-order valence-electron chi connectivity index (χ3n) is 10.8. The maximum Gasteiger partial charge on any atom is 0.216 e. The van der Waals surface area contributed by atoms with Crippen LogP contribution in [0.2, 0.25) is 17.3 Å². The van der Waals surface area contributed by atoms with E-state index < -0.39 is 26.0 Å². The molecule has 1 radical (unpaired) electrons. The van der Waals surface area contributed by atoms with Crippen LogP contribution in [0.3, 0.4) is 0 Å². The van der Waals surface area contributed by atoms with Gasteiger partial charge in [-0.2, -0.15) is 0 Å². The minimum absolute atomic E-state index is 0. The van der Waals surface area contributed by atoms with Crippen molar-refractivity contribution in [1.82, 2.24) is 19.5 Å². The summed E-state index contributed by atoms with van der Waals surface area (Å²) in [6.45, 7) is 10.6. The molecule has 0 fully saturated rings. The van der Waals surface area contributed by atoms with E-state index in [9.17, 15) is 0 Å². The Labute approximate surface area is 370 Å². The third kappa shape index (κ3) is 8.20. The molecule has 0 amide bonds. The number of hydrogen-bond donors (Lipinski definition) is 0. The van der Waals surface area contributed by atoms with Gasteiger partial charge in [0, 0.05) is 40.7 Å². The van der Waals surface area contributed by atoms with Crippen molar-refractivity contribution in [3.63, 3.8) is 0 Å². The number of fused-ring (bicyclic) bond motifs is 5. The van der Waals surface area contributed by atoms with Crippen LogP contribution in [0.4, 0.5) is 0 Å². The summed E-state index contributed by atoms with van der Waals surface area (Å²) < 4.78 is 42.0. The molecule has 9 rings (SSSR count). The summed E-state index contributed by atoms with van der Waals surface area (Å²) in [5.41, 5.74) is 11.4. The normalized spacial score (nSPS) is 13.3. The first-order valence-electron chi connectivity index (χ1n) is 22.1. The van der Waals surface area contributed by atoms with Gasteiger partial charge in [0.15, 0.2) is 0 Å². The number of aromatic nitrogens is 4. The Morgan fingerprint density at radius 3 is 2.15 bits per heavy atom. The Hall–Kier alpha value is -4.88. The molecule has 301 valence electrons. The van der Waals surface area contributed by atoms with E-state index in [-0.39, 0.29) is 25.7 Å². The molecule has 0 aliphatic heterocycles. The number of rotatable bonds is 7. The predicted molar refractivity (Wildman–Crippen MR) is 246 cm³/mol. The number of nitrogens with zero attached hydrogens (tertiary/aromatic N) is 4. The zero-order chi connectivity index (χ0) is 44.3. The molecule has 0 atom stereocenters. The second-order valence-corrected chi connectivity index (χ2v) is 27.5. The number of pyridine rings is 2. The van der Waals surface area contributed by atoms with E-state index in [0.29, 0.717) is 28.6 Å². The van der Waals surface area contributed by atoms with Gasteiger partial charge in [-0.15, -0.1) is 18.2 Å². The van der Waals surface area contributed by atoms with Gasteiger partial charge in [0.2, 0.25) is 5.71 Å². The van der Waals surface area contributed by atoms with Gasteiger partial charge in [-0.05, 0) is 60.1 Å². The molecule has 0 aliphatic rings. The average Bonchev–Trinajstić information content (AvgIpc) is 3.79. The van der Waals surface area contributed by atoms with Gasteiger partial charge in [0.25, 0.3) is 0 Å². The molecule has 0 N–H and O–H groups in total. The topological polar surface area (TPSA) is 56.7 Å². The zero-order valence-electron chi connectivity index (χ0n) is 39.2. The van der Waals surface area contributed by atoms with Crippen molar-refractivity contribution in [2.45, 2.75) is 83.4 Å². The maximum atomic E-state index is 8.44. The molecule has 5 aromatic carbocycles. The van der Waals surface area contributed by atoms with Crippen LogP contribution in [0.5, 0.6) is 0 Å². The molecule has 0 saturated heterocycles. The van der Waals surface area contributed by atoms with E-state index in [4.69, 9.17) is 19.9 Å². The van der Waals surface area contributed by atoms with Crippen molar-refractivity contribution in [2.75, 3.05) is 0 Å². The van der Waals surface area contributed by atoms with Crippen LogP contribution in [0.25, 0.3) is 72.3 Å². The Balaban J connectivity index is 0.000000239. The van der Waals surface area contributed by atoms with Crippen molar-refractivity contribution < 1.29 is 30.0 Å². The fourth-order valence-corrected chi connectivity index (χ4v) is 11.2. The standard InChI is InChI=1S/C35H30N3O.C17H22GeN.Ir/c1-20(2)24-10-8-11-25(21(3)4)32(24)38-31-15-7-6-14-30(31)36-34(38)27-13-9-12-26-28-19-23-18-22(5)16-17-29(23)37-35(28)39-33(26)27;1-13(2)15-11-17(14-9-7-6-8-10-14)19-12-16(15)18(3,4)5;/h6-12,14-21H,1-5H3;6-9,11-13H,1-5H3;/q2*-1;/i5D3;13D;. The van der Waals surface area contributed by atoms with Gasteiger partial charge in [-0.3, -0.25) is 4.98 Å². The fourth-order valence-electron chi connectivity index (χ4n) is 7.85. The summed E-state index contributed by atoms with van der Waals surface area (Å²) in [5.74, 6) is 7.80. The summed E-state index contributed by atoms with van der Waals surface area (Å²) >= 11 is -2.03. The molecule has 9 aromatic rings. The summed E-state index contributed by atoms with van der Waals surface area (Å²) in [6, 6.07) is 42.3. The van der Waals surface area contributed by atoms with E-state index >= 15 is 0 Å². The summed E-state index contributed by atoms with van der Waals surface area (Å²) in [7, 11) is 0. The first kappa shape index (κ1) is 37.1. The average molecular weight is 1020 g/mol. The molecule has 7 heteroatoms. The molecule has 0 saturated carbocycles. The van der Waals surface area contributed by atoms with Gasteiger partial charge >= 0.3 is 120 Å². The van der Waals surface area contributed by atoms with E-state index in [1.165, 1.54) is 15.5 Å². The Bertz CT molecular complexity index is 3080. The Morgan fingerprint density at radius 2 is 1.47 bits per heavy atom. The zero-order valence-corrected chi connectivity index (χ0v) is 39.6. The Kier molecular flexibility index (Phi) is 10.7. The summed E-state index contributed by atoms with van der Waals surface area (Å²) in [6.07, 6.45) is 2.00. The smallest absolute Gasteiger partial charge is 0.216 e. The molecular weight excluding hydrogens is 961 g/mol. The first-order chi connectivity index (χ1) is 29.3. The van der Waals surface area contributed by atoms with E-state index in [1.54, 1.807) is 18.2 Å². The van der Waals surface area contributed by atoms with Gasteiger partial charge in [-0.25, -0.2) is 4.98 Å².